The predicted molar refractivity (Wildman–Crippen MR) is 132 cm³/mol. The Kier molecular flexibility index (Phi) is 8.15. The lowest BCUT2D eigenvalue weighted by atomic mass is 9.42. The highest BCUT2D eigenvalue weighted by molar-refractivity contribution is 7.46. The Hall–Kier alpha value is -0.420. The largest absolute Gasteiger partial charge is 0.481 e. The molecular weight excluding hydrogens is 545 g/mol. The molecule has 14 heteroatoms. The zero-order valence-corrected chi connectivity index (χ0v) is 23.8. The number of phosphoric acid groups is 2. The van der Waals surface area contributed by atoms with Crippen molar-refractivity contribution in [2.75, 3.05) is 0 Å². The number of rotatable bonds is 8. The standard InChI is InChI=1S/C24H41FO11P2/c1-13(4-7-20(27)28)16-5-6-17-21-18(11-19(26)23(16,17)3)22(2)9-8-15(35-37(29,30)31)10-14(22)12-24(21,25)36-38(32,33)34/h13-19,21,26H,4-12H2,1-3H3,(H,27,28)(H2,29,30,31)(H2,32,33,34). The summed E-state index contributed by atoms with van der Waals surface area (Å²) in [5, 5.41) is 20.8. The van der Waals surface area contributed by atoms with Gasteiger partial charge in [-0.05, 0) is 85.4 Å². The van der Waals surface area contributed by atoms with Crippen LogP contribution in [-0.2, 0) is 23.0 Å². The number of halogens is 1. The molecule has 0 spiro atoms. The molecule has 220 valence electrons. The summed E-state index contributed by atoms with van der Waals surface area (Å²) in [4.78, 5) is 49.2. The maximum absolute atomic E-state index is 17.1. The maximum atomic E-state index is 17.1. The number of carboxylic acid groups (broad SMARTS) is 1. The van der Waals surface area contributed by atoms with Gasteiger partial charge >= 0.3 is 21.6 Å². The number of hydrogen-bond acceptors (Lipinski definition) is 6. The first kappa shape index (κ1) is 30.5. The minimum Gasteiger partial charge on any atom is -0.481 e. The highest BCUT2D eigenvalue weighted by Crippen LogP contribution is 2.72. The normalized spacial score (nSPS) is 46.1. The van der Waals surface area contributed by atoms with Crippen molar-refractivity contribution in [1.29, 1.82) is 0 Å². The van der Waals surface area contributed by atoms with Crippen molar-refractivity contribution in [1.82, 2.24) is 0 Å². The molecule has 4 aliphatic rings. The van der Waals surface area contributed by atoms with Gasteiger partial charge in [-0.15, -0.1) is 0 Å². The Bertz CT molecular complexity index is 1020. The molecular formula is C24H41FO11P2. The highest BCUT2D eigenvalue weighted by Gasteiger charge is 2.71. The fourth-order valence-electron chi connectivity index (χ4n) is 9.21. The number of carboxylic acids is 1. The van der Waals surface area contributed by atoms with Crippen LogP contribution in [0.5, 0.6) is 0 Å². The second kappa shape index (κ2) is 10.1. The van der Waals surface area contributed by atoms with E-state index in [-0.39, 0.29) is 37.5 Å². The molecule has 4 saturated carbocycles. The topological polar surface area (TPSA) is 191 Å². The van der Waals surface area contributed by atoms with Gasteiger partial charge in [0, 0.05) is 18.8 Å². The second-order valence-corrected chi connectivity index (χ2v) is 15.1. The Morgan fingerprint density at radius 2 is 1.71 bits per heavy atom. The zero-order valence-electron chi connectivity index (χ0n) is 22.0. The van der Waals surface area contributed by atoms with E-state index in [0.717, 1.165) is 0 Å². The molecule has 11 nitrogen and oxygen atoms in total. The first-order valence-corrected chi connectivity index (χ1v) is 16.4. The summed E-state index contributed by atoms with van der Waals surface area (Å²) >= 11 is 0. The lowest BCUT2D eigenvalue weighted by Gasteiger charge is -2.65. The minimum absolute atomic E-state index is 0.0213. The number of phosphoric ester groups is 2. The molecule has 11 atom stereocenters. The molecule has 4 rings (SSSR count). The molecule has 0 heterocycles. The van der Waals surface area contributed by atoms with Crippen molar-refractivity contribution in [3.63, 3.8) is 0 Å². The SMILES string of the molecule is CC(CCC(=O)O)C1CCC2C3C(CC(O)C12C)C1(C)CCC(OP(=O)(O)O)CC1CC3(F)OP(=O)(O)O. The molecule has 0 saturated heterocycles. The van der Waals surface area contributed by atoms with Crippen LogP contribution in [0.1, 0.15) is 78.6 Å². The van der Waals surface area contributed by atoms with Gasteiger partial charge in [0.15, 0.2) is 0 Å². The van der Waals surface area contributed by atoms with Gasteiger partial charge in [0.2, 0.25) is 5.85 Å². The third-order valence-corrected chi connectivity index (χ3v) is 12.0. The Morgan fingerprint density at radius 3 is 2.29 bits per heavy atom. The summed E-state index contributed by atoms with van der Waals surface area (Å²) in [7, 11) is -10.1. The summed E-state index contributed by atoms with van der Waals surface area (Å²) < 4.78 is 50.4. The number of fused-ring (bicyclic) bond motifs is 5. The number of aliphatic carboxylic acids is 1. The molecule has 0 aromatic rings. The molecule has 0 amide bonds. The number of hydrogen-bond donors (Lipinski definition) is 6. The Labute approximate surface area is 222 Å². The van der Waals surface area contributed by atoms with E-state index in [1.54, 1.807) is 0 Å². The summed E-state index contributed by atoms with van der Waals surface area (Å²) in [6.45, 7) is 5.80. The number of alkyl halides is 1. The van der Waals surface area contributed by atoms with Gasteiger partial charge in [-0.2, -0.15) is 0 Å². The van der Waals surface area contributed by atoms with Crippen LogP contribution >= 0.6 is 15.6 Å². The van der Waals surface area contributed by atoms with Crippen LogP contribution in [0.4, 0.5) is 4.39 Å². The van der Waals surface area contributed by atoms with E-state index in [9.17, 15) is 38.6 Å². The van der Waals surface area contributed by atoms with Crippen LogP contribution in [-0.4, -0.2) is 53.8 Å². The van der Waals surface area contributed by atoms with Crippen molar-refractivity contribution in [3.05, 3.63) is 0 Å². The van der Waals surface area contributed by atoms with Gasteiger partial charge in [0.1, 0.15) is 0 Å². The number of carbonyl (C=O) groups is 1. The number of aliphatic hydroxyl groups is 1. The van der Waals surface area contributed by atoms with E-state index in [0.29, 0.717) is 32.1 Å². The third kappa shape index (κ3) is 5.55. The van der Waals surface area contributed by atoms with Gasteiger partial charge in [-0.25, -0.2) is 18.0 Å². The molecule has 0 aliphatic heterocycles. The van der Waals surface area contributed by atoms with Gasteiger partial charge in [0.05, 0.1) is 12.2 Å². The van der Waals surface area contributed by atoms with Gasteiger partial charge in [-0.3, -0.25) is 9.32 Å². The fourth-order valence-corrected chi connectivity index (χ4v) is 10.4. The Morgan fingerprint density at radius 1 is 1.05 bits per heavy atom. The van der Waals surface area contributed by atoms with Crippen LogP contribution in [0.15, 0.2) is 0 Å². The van der Waals surface area contributed by atoms with Crippen molar-refractivity contribution in [2.24, 2.45) is 46.3 Å². The first-order valence-electron chi connectivity index (χ1n) is 13.4. The van der Waals surface area contributed by atoms with E-state index < -0.39 is 74.2 Å². The molecule has 0 radical (unpaired) electrons. The van der Waals surface area contributed by atoms with Crippen LogP contribution < -0.4 is 0 Å². The van der Waals surface area contributed by atoms with E-state index in [2.05, 4.69) is 0 Å². The molecule has 0 bridgehead atoms. The lowest BCUT2D eigenvalue weighted by Crippen LogP contribution is -2.65. The summed E-state index contributed by atoms with van der Waals surface area (Å²) in [5.74, 6) is -6.20. The molecule has 38 heavy (non-hydrogen) atoms. The molecule has 11 unspecified atom stereocenters. The van der Waals surface area contributed by atoms with E-state index in [1.165, 1.54) is 0 Å². The van der Waals surface area contributed by atoms with Crippen LogP contribution in [0.3, 0.4) is 0 Å². The van der Waals surface area contributed by atoms with Crippen LogP contribution in [0, 0.1) is 46.3 Å². The number of aliphatic hydroxyl groups excluding tert-OH is 1. The molecule has 4 fully saturated rings. The van der Waals surface area contributed by atoms with E-state index in [1.807, 2.05) is 20.8 Å². The van der Waals surface area contributed by atoms with Crippen molar-refractivity contribution < 1.29 is 57.1 Å². The lowest BCUT2D eigenvalue weighted by molar-refractivity contribution is -0.277. The van der Waals surface area contributed by atoms with E-state index >= 15 is 4.39 Å². The highest BCUT2D eigenvalue weighted by atomic mass is 31.2. The molecule has 0 aromatic heterocycles. The second-order valence-electron chi connectivity index (χ2n) is 12.7. The maximum Gasteiger partial charge on any atom is 0.472 e. The smallest absolute Gasteiger partial charge is 0.472 e. The summed E-state index contributed by atoms with van der Waals surface area (Å²) in [5.41, 5.74) is -1.36. The monoisotopic (exact) mass is 586 g/mol. The summed E-state index contributed by atoms with van der Waals surface area (Å²) in [6, 6.07) is 0. The first-order chi connectivity index (χ1) is 17.3. The predicted octanol–water partition coefficient (Wildman–Crippen LogP) is 3.98. The van der Waals surface area contributed by atoms with Gasteiger partial charge < -0.3 is 29.8 Å². The third-order valence-electron chi connectivity index (χ3n) is 10.9. The van der Waals surface area contributed by atoms with Crippen molar-refractivity contribution in [2.45, 2.75) is 96.6 Å². The molecule has 0 aromatic carbocycles. The molecule has 6 N–H and O–H groups in total. The van der Waals surface area contributed by atoms with Crippen molar-refractivity contribution >= 4 is 21.6 Å². The fraction of sp³-hybridized carbons (Fsp3) is 0.958. The van der Waals surface area contributed by atoms with Crippen LogP contribution in [0.2, 0.25) is 0 Å². The minimum atomic E-state index is -5.27. The Balaban J connectivity index is 1.71. The van der Waals surface area contributed by atoms with E-state index in [4.69, 9.17) is 14.2 Å². The summed E-state index contributed by atoms with van der Waals surface area (Å²) in [6.07, 6.45) is 0.540. The van der Waals surface area contributed by atoms with Crippen molar-refractivity contribution in [3.8, 4) is 0 Å². The van der Waals surface area contributed by atoms with Gasteiger partial charge in [-0.1, -0.05) is 20.8 Å². The quantitative estimate of drug-likeness (QED) is 0.226. The van der Waals surface area contributed by atoms with Crippen LogP contribution in [0.25, 0.3) is 0 Å². The van der Waals surface area contributed by atoms with Gasteiger partial charge in [0.25, 0.3) is 0 Å². The zero-order chi connectivity index (χ0) is 28.5. The average molecular weight is 587 g/mol. The molecule has 4 aliphatic carbocycles. The average Bonchev–Trinajstić information content (AvgIpc) is 3.10.